The minimum Gasteiger partial charge on any atom is -0.292 e. The van der Waals surface area contributed by atoms with Crippen molar-refractivity contribution in [3.63, 3.8) is 0 Å². The number of benzene rings is 2. The second-order valence-corrected chi connectivity index (χ2v) is 5.68. The van der Waals surface area contributed by atoms with E-state index in [1.54, 1.807) is 4.57 Å². The number of nitrogens with zero attached hydrogens (tertiary/aromatic N) is 3. The summed E-state index contributed by atoms with van der Waals surface area (Å²) in [6.45, 7) is 0.576. The summed E-state index contributed by atoms with van der Waals surface area (Å²) in [6.07, 6.45) is 2.73. The lowest BCUT2D eigenvalue weighted by Crippen LogP contribution is -2.20. The largest absolute Gasteiger partial charge is 0.292 e. The van der Waals surface area contributed by atoms with E-state index in [2.05, 4.69) is 4.98 Å². The van der Waals surface area contributed by atoms with Gasteiger partial charge in [-0.3, -0.25) is 19.5 Å². The first-order valence-corrected chi connectivity index (χ1v) is 7.58. The summed E-state index contributed by atoms with van der Waals surface area (Å²) in [5, 5.41) is 11.4. The van der Waals surface area contributed by atoms with E-state index in [-0.39, 0.29) is 11.2 Å². The Morgan fingerprint density at radius 3 is 2.71 bits per heavy atom. The van der Waals surface area contributed by atoms with E-state index >= 15 is 0 Å². The fourth-order valence-electron chi connectivity index (χ4n) is 3.01. The number of fused-ring (bicyclic) bond motifs is 2. The van der Waals surface area contributed by atoms with Crippen molar-refractivity contribution in [2.24, 2.45) is 0 Å². The molecular weight excluding hydrogens is 306 g/mol. The number of allylic oxidation sites excluding steroid dienone is 1. The molecule has 6 heteroatoms. The van der Waals surface area contributed by atoms with E-state index in [1.807, 2.05) is 36.4 Å². The molecule has 0 unspecified atom stereocenters. The van der Waals surface area contributed by atoms with Crippen LogP contribution in [0.4, 0.5) is 5.69 Å². The third-order valence-corrected chi connectivity index (χ3v) is 4.18. The van der Waals surface area contributed by atoms with Gasteiger partial charge in [-0.2, -0.15) is 0 Å². The molecule has 3 aromatic rings. The zero-order valence-corrected chi connectivity index (χ0v) is 12.7. The smallest absolute Gasteiger partial charge is 0.271 e. The first-order chi connectivity index (χ1) is 11.6. The summed E-state index contributed by atoms with van der Waals surface area (Å²) >= 11 is 0. The molecule has 0 N–H and O–H groups in total. The van der Waals surface area contributed by atoms with Crippen LogP contribution in [0.5, 0.6) is 0 Å². The van der Waals surface area contributed by atoms with Crippen LogP contribution in [-0.4, -0.2) is 14.5 Å². The van der Waals surface area contributed by atoms with Gasteiger partial charge in [0.25, 0.3) is 11.2 Å². The van der Waals surface area contributed by atoms with E-state index in [0.29, 0.717) is 23.3 Å². The van der Waals surface area contributed by atoms with Crippen molar-refractivity contribution in [2.45, 2.75) is 13.0 Å². The number of non-ortho nitro benzene ring substituents is 1. The molecule has 0 bridgehead atoms. The third-order valence-electron chi connectivity index (χ3n) is 4.18. The van der Waals surface area contributed by atoms with Crippen molar-refractivity contribution in [1.82, 2.24) is 9.55 Å². The summed E-state index contributed by atoms with van der Waals surface area (Å²) in [7, 11) is 0. The maximum atomic E-state index is 12.6. The number of hydrogen-bond donors (Lipinski definition) is 0. The molecule has 2 aromatic carbocycles. The molecule has 1 aliphatic heterocycles. The van der Waals surface area contributed by atoms with Crippen LogP contribution in [0.2, 0.25) is 0 Å². The SMILES string of the molecule is O=c1c2ccc([N+](=O)[O-])cc2nc2n1CCC2=Cc1ccccc1. The molecule has 2 heterocycles. The van der Waals surface area contributed by atoms with Crippen molar-refractivity contribution in [3.8, 4) is 0 Å². The monoisotopic (exact) mass is 319 g/mol. The average molecular weight is 319 g/mol. The fourth-order valence-corrected chi connectivity index (χ4v) is 3.01. The maximum absolute atomic E-state index is 12.6. The van der Waals surface area contributed by atoms with Crippen LogP contribution < -0.4 is 5.56 Å². The van der Waals surface area contributed by atoms with Gasteiger partial charge in [-0.25, -0.2) is 4.98 Å². The zero-order chi connectivity index (χ0) is 16.7. The van der Waals surface area contributed by atoms with Gasteiger partial charge >= 0.3 is 0 Å². The predicted octanol–water partition coefficient (Wildman–Crippen LogP) is 3.25. The summed E-state index contributed by atoms with van der Waals surface area (Å²) < 4.78 is 1.64. The molecule has 24 heavy (non-hydrogen) atoms. The van der Waals surface area contributed by atoms with Gasteiger partial charge in [0, 0.05) is 18.7 Å². The van der Waals surface area contributed by atoms with Gasteiger partial charge < -0.3 is 0 Å². The van der Waals surface area contributed by atoms with Gasteiger partial charge in [-0.15, -0.1) is 0 Å². The molecular formula is C18H13N3O3. The molecule has 1 aliphatic rings. The van der Waals surface area contributed by atoms with Crippen molar-refractivity contribution in [2.75, 3.05) is 0 Å². The summed E-state index contributed by atoms with van der Waals surface area (Å²) in [4.78, 5) is 27.6. The summed E-state index contributed by atoms with van der Waals surface area (Å²) in [5.41, 5.74) is 2.15. The molecule has 0 saturated carbocycles. The highest BCUT2D eigenvalue weighted by molar-refractivity contribution is 5.85. The molecule has 4 rings (SSSR count). The standard InChI is InChI=1S/C18H13N3O3/c22-18-15-7-6-14(21(23)24)11-16(15)19-17-13(8-9-20(17)18)10-12-4-2-1-3-5-12/h1-7,10-11H,8-9H2. The Kier molecular flexibility index (Phi) is 3.23. The lowest BCUT2D eigenvalue weighted by Gasteiger charge is -2.05. The van der Waals surface area contributed by atoms with Crippen LogP contribution in [0.15, 0.2) is 53.3 Å². The molecule has 6 nitrogen and oxygen atoms in total. The average Bonchev–Trinajstić information content (AvgIpc) is 2.98. The molecule has 0 aliphatic carbocycles. The predicted molar refractivity (Wildman–Crippen MR) is 91.6 cm³/mol. The Labute approximate surface area is 136 Å². The van der Waals surface area contributed by atoms with E-state index in [0.717, 1.165) is 17.6 Å². The quantitative estimate of drug-likeness (QED) is 0.536. The number of nitro groups is 1. The second-order valence-electron chi connectivity index (χ2n) is 5.68. The number of nitro benzene ring substituents is 1. The summed E-state index contributed by atoms with van der Waals surface area (Å²) in [5.74, 6) is 0.594. The molecule has 0 radical (unpaired) electrons. The van der Waals surface area contributed by atoms with Crippen LogP contribution in [0, 0.1) is 10.1 Å². The molecule has 0 atom stereocenters. The number of rotatable bonds is 2. The van der Waals surface area contributed by atoms with Crippen molar-refractivity contribution in [1.29, 1.82) is 0 Å². The van der Waals surface area contributed by atoms with Crippen LogP contribution in [0.3, 0.4) is 0 Å². The third kappa shape index (κ3) is 2.28. The minimum absolute atomic E-state index is 0.0639. The van der Waals surface area contributed by atoms with E-state index in [1.165, 1.54) is 18.2 Å². The Bertz CT molecular complexity index is 1050. The number of hydrogen-bond acceptors (Lipinski definition) is 4. The highest BCUT2D eigenvalue weighted by atomic mass is 16.6. The normalized spacial score (nSPS) is 14.9. The first kappa shape index (κ1) is 14.3. The molecule has 0 fully saturated rings. The van der Waals surface area contributed by atoms with Gasteiger partial charge in [0.1, 0.15) is 5.82 Å². The number of aromatic nitrogens is 2. The Balaban J connectivity index is 1.92. The Morgan fingerprint density at radius 2 is 1.96 bits per heavy atom. The van der Waals surface area contributed by atoms with Gasteiger partial charge in [-0.1, -0.05) is 30.3 Å². The highest BCUT2D eigenvalue weighted by Gasteiger charge is 2.21. The van der Waals surface area contributed by atoms with E-state index < -0.39 is 4.92 Å². The maximum Gasteiger partial charge on any atom is 0.271 e. The molecule has 0 amide bonds. The van der Waals surface area contributed by atoms with Gasteiger partial charge in [0.05, 0.1) is 15.8 Å². The molecule has 0 spiro atoms. The van der Waals surface area contributed by atoms with Crippen molar-refractivity contribution in [3.05, 3.63) is 80.4 Å². The van der Waals surface area contributed by atoms with Crippen molar-refractivity contribution >= 4 is 28.2 Å². The second kappa shape index (κ2) is 5.42. The minimum atomic E-state index is -0.479. The van der Waals surface area contributed by atoms with Crippen LogP contribution in [0.25, 0.3) is 22.6 Å². The highest BCUT2D eigenvalue weighted by Crippen LogP contribution is 2.28. The van der Waals surface area contributed by atoms with Crippen molar-refractivity contribution < 1.29 is 4.92 Å². The topological polar surface area (TPSA) is 78.0 Å². The van der Waals surface area contributed by atoms with Crippen LogP contribution >= 0.6 is 0 Å². The fraction of sp³-hybridized carbons (Fsp3) is 0.111. The molecule has 0 saturated heterocycles. The lowest BCUT2D eigenvalue weighted by molar-refractivity contribution is -0.384. The zero-order valence-electron chi connectivity index (χ0n) is 12.7. The van der Waals surface area contributed by atoms with E-state index in [4.69, 9.17) is 0 Å². The Morgan fingerprint density at radius 1 is 1.17 bits per heavy atom. The van der Waals surface area contributed by atoms with E-state index in [9.17, 15) is 14.9 Å². The first-order valence-electron chi connectivity index (χ1n) is 7.58. The summed E-state index contributed by atoms with van der Waals surface area (Å²) in [6, 6.07) is 14.0. The van der Waals surface area contributed by atoms with Crippen LogP contribution in [-0.2, 0) is 6.54 Å². The van der Waals surface area contributed by atoms with Gasteiger partial charge in [0.2, 0.25) is 0 Å². The van der Waals surface area contributed by atoms with Gasteiger partial charge in [-0.05, 0) is 29.7 Å². The Hall–Kier alpha value is -3.28. The van der Waals surface area contributed by atoms with Gasteiger partial charge in [0.15, 0.2) is 0 Å². The van der Waals surface area contributed by atoms with Crippen LogP contribution in [0.1, 0.15) is 17.8 Å². The lowest BCUT2D eigenvalue weighted by atomic mass is 10.1. The molecule has 1 aromatic heterocycles. The molecule has 118 valence electrons.